The van der Waals surface area contributed by atoms with Crippen LogP contribution in [-0.2, 0) is 21.2 Å². The monoisotopic (exact) mass is 436 g/mol. The van der Waals surface area contributed by atoms with E-state index in [-0.39, 0.29) is 18.4 Å². The summed E-state index contributed by atoms with van der Waals surface area (Å²) in [4.78, 5) is 12.5. The Morgan fingerprint density at radius 3 is 2.76 bits per heavy atom. The maximum absolute atomic E-state index is 12.7. The van der Waals surface area contributed by atoms with Gasteiger partial charge in [-0.2, -0.15) is 4.31 Å². The normalized spacial score (nSPS) is 17.8. The number of thiophene rings is 1. The number of benzene rings is 1. The number of ether oxygens (including phenoxy) is 1. The van der Waals surface area contributed by atoms with Gasteiger partial charge in [-0.05, 0) is 48.4 Å². The highest BCUT2D eigenvalue weighted by Gasteiger charge is 2.33. The lowest BCUT2D eigenvalue weighted by molar-refractivity contribution is -0.126. The van der Waals surface area contributed by atoms with Crippen molar-refractivity contribution in [1.29, 1.82) is 0 Å². The number of hydrogen-bond donors (Lipinski definition) is 1. The lowest BCUT2D eigenvalue weighted by Crippen LogP contribution is -2.45. The zero-order valence-electron chi connectivity index (χ0n) is 16.7. The second kappa shape index (κ2) is 10.2. The Bertz CT molecular complexity index is 880. The summed E-state index contributed by atoms with van der Waals surface area (Å²) in [7, 11) is -3.51. The molecule has 2 aromatic rings. The van der Waals surface area contributed by atoms with Crippen LogP contribution in [0.4, 0.5) is 0 Å². The molecular formula is C21H28N2O4S2. The van der Waals surface area contributed by atoms with Crippen LogP contribution in [0.2, 0.25) is 0 Å². The fourth-order valence-electron chi connectivity index (χ4n) is 3.44. The molecule has 0 radical (unpaired) electrons. The van der Waals surface area contributed by atoms with E-state index in [1.807, 2.05) is 12.1 Å². The summed E-state index contributed by atoms with van der Waals surface area (Å²) >= 11 is 1.20. The zero-order chi connectivity index (χ0) is 20.7. The minimum absolute atomic E-state index is 0.113. The van der Waals surface area contributed by atoms with Crippen molar-refractivity contribution in [2.24, 2.45) is 5.92 Å². The lowest BCUT2D eigenvalue weighted by Gasteiger charge is -2.30. The Labute approximate surface area is 176 Å². The molecule has 3 rings (SSSR count). The molecule has 158 valence electrons. The second-order valence-electron chi connectivity index (χ2n) is 7.17. The van der Waals surface area contributed by atoms with Gasteiger partial charge in [-0.3, -0.25) is 4.79 Å². The van der Waals surface area contributed by atoms with Gasteiger partial charge < -0.3 is 10.1 Å². The fraction of sp³-hybridized carbons (Fsp3) is 0.476. The van der Waals surface area contributed by atoms with Gasteiger partial charge in [0.15, 0.2) is 0 Å². The Balaban J connectivity index is 1.44. The highest BCUT2D eigenvalue weighted by molar-refractivity contribution is 7.91. The van der Waals surface area contributed by atoms with Crippen LogP contribution in [0.1, 0.15) is 31.7 Å². The highest BCUT2D eigenvalue weighted by Crippen LogP contribution is 2.26. The van der Waals surface area contributed by atoms with Crippen molar-refractivity contribution in [1.82, 2.24) is 9.62 Å². The number of carbonyl (C=O) groups excluding carboxylic acids is 1. The Kier molecular flexibility index (Phi) is 7.69. The van der Waals surface area contributed by atoms with Gasteiger partial charge in [0.1, 0.15) is 16.6 Å². The number of rotatable bonds is 9. The first-order chi connectivity index (χ1) is 14.0. The van der Waals surface area contributed by atoms with Crippen LogP contribution >= 0.6 is 11.3 Å². The first-order valence-corrected chi connectivity index (χ1v) is 12.4. The fourth-order valence-corrected chi connectivity index (χ4v) is 6.11. The van der Waals surface area contributed by atoms with E-state index in [2.05, 4.69) is 24.4 Å². The van der Waals surface area contributed by atoms with E-state index in [0.717, 1.165) is 18.6 Å². The maximum atomic E-state index is 12.7. The quantitative estimate of drug-likeness (QED) is 0.612. The number of sulfonamides is 1. The zero-order valence-corrected chi connectivity index (χ0v) is 18.3. The summed E-state index contributed by atoms with van der Waals surface area (Å²) < 4.78 is 32.8. The molecule has 1 amide bonds. The predicted octanol–water partition coefficient (Wildman–Crippen LogP) is 3.30. The van der Waals surface area contributed by atoms with Gasteiger partial charge in [-0.1, -0.05) is 31.5 Å². The Hall–Kier alpha value is -1.90. The van der Waals surface area contributed by atoms with Crippen LogP contribution in [0.3, 0.4) is 0 Å². The molecule has 1 saturated heterocycles. The SMILES string of the molecule is CCCc1ccc(OCCNC(=O)[C@@H]2CCCN(S(=O)(=O)c3cccs3)C2)cc1. The summed E-state index contributed by atoms with van der Waals surface area (Å²) in [5, 5.41) is 4.63. The smallest absolute Gasteiger partial charge is 0.252 e. The minimum atomic E-state index is -3.51. The predicted molar refractivity (Wildman–Crippen MR) is 115 cm³/mol. The first kappa shape index (κ1) is 21.8. The summed E-state index contributed by atoms with van der Waals surface area (Å²) in [5.74, 6) is 0.342. The number of amides is 1. The first-order valence-electron chi connectivity index (χ1n) is 10.0. The number of nitrogens with zero attached hydrogens (tertiary/aromatic N) is 1. The molecule has 1 aromatic heterocycles. The van der Waals surface area contributed by atoms with E-state index in [0.29, 0.717) is 36.7 Å². The van der Waals surface area contributed by atoms with Crippen LogP contribution in [0.5, 0.6) is 5.75 Å². The largest absolute Gasteiger partial charge is 0.492 e. The lowest BCUT2D eigenvalue weighted by atomic mass is 9.99. The van der Waals surface area contributed by atoms with Crippen molar-refractivity contribution < 1.29 is 17.9 Å². The third kappa shape index (κ3) is 5.81. The van der Waals surface area contributed by atoms with Gasteiger partial charge >= 0.3 is 0 Å². The Morgan fingerprint density at radius 2 is 2.07 bits per heavy atom. The molecule has 1 aliphatic heterocycles. The standard InChI is InChI=1S/C21H28N2O4S2/c1-2-5-17-8-10-19(11-9-17)27-14-12-22-21(24)18-6-3-13-23(16-18)29(25,26)20-7-4-15-28-20/h4,7-11,15,18H,2-3,5-6,12-14,16H2,1H3,(H,22,24)/t18-/m1/s1. The highest BCUT2D eigenvalue weighted by atomic mass is 32.2. The van der Waals surface area contributed by atoms with Crippen LogP contribution in [0, 0.1) is 5.92 Å². The summed E-state index contributed by atoms with van der Waals surface area (Å²) in [6.45, 7) is 3.61. The van der Waals surface area contributed by atoms with Crippen LogP contribution in [0.15, 0.2) is 46.0 Å². The van der Waals surface area contributed by atoms with E-state index >= 15 is 0 Å². The summed E-state index contributed by atoms with van der Waals surface area (Å²) in [6, 6.07) is 11.3. The van der Waals surface area contributed by atoms with Gasteiger partial charge in [0.2, 0.25) is 5.91 Å². The van der Waals surface area contributed by atoms with Crippen molar-refractivity contribution in [3.8, 4) is 5.75 Å². The molecule has 0 aliphatic carbocycles. The van der Waals surface area contributed by atoms with E-state index in [1.165, 1.54) is 21.2 Å². The molecule has 0 saturated carbocycles. The molecule has 1 aliphatic rings. The number of nitrogens with one attached hydrogen (secondary N) is 1. The minimum Gasteiger partial charge on any atom is -0.492 e. The Morgan fingerprint density at radius 1 is 1.28 bits per heavy atom. The van der Waals surface area contributed by atoms with Crippen LogP contribution < -0.4 is 10.1 Å². The third-order valence-electron chi connectivity index (χ3n) is 4.98. The van der Waals surface area contributed by atoms with Crippen molar-refractivity contribution in [3.05, 3.63) is 47.3 Å². The van der Waals surface area contributed by atoms with Gasteiger partial charge in [-0.15, -0.1) is 11.3 Å². The van der Waals surface area contributed by atoms with Gasteiger partial charge in [0.05, 0.1) is 12.5 Å². The molecule has 1 atom stereocenters. The number of carbonyl (C=O) groups is 1. The van der Waals surface area contributed by atoms with Gasteiger partial charge in [-0.25, -0.2) is 8.42 Å². The molecule has 1 aromatic carbocycles. The summed E-state index contributed by atoms with van der Waals surface area (Å²) in [6.07, 6.45) is 3.54. The van der Waals surface area contributed by atoms with Crippen molar-refractivity contribution in [2.75, 3.05) is 26.2 Å². The van der Waals surface area contributed by atoms with Gasteiger partial charge in [0.25, 0.3) is 10.0 Å². The molecule has 0 bridgehead atoms. The summed E-state index contributed by atoms with van der Waals surface area (Å²) in [5.41, 5.74) is 1.28. The number of aryl methyl sites for hydroxylation is 1. The van der Waals surface area contributed by atoms with E-state index in [1.54, 1.807) is 17.5 Å². The molecule has 2 heterocycles. The molecule has 1 N–H and O–H groups in total. The van der Waals surface area contributed by atoms with E-state index in [4.69, 9.17) is 4.74 Å². The molecule has 29 heavy (non-hydrogen) atoms. The maximum Gasteiger partial charge on any atom is 0.252 e. The molecule has 6 nitrogen and oxygen atoms in total. The van der Waals surface area contributed by atoms with E-state index < -0.39 is 10.0 Å². The van der Waals surface area contributed by atoms with E-state index in [9.17, 15) is 13.2 Å². The van der Waals surface area contributed by atoms with Crippen LogP contribution in [0.25, 0.3) is 0 Å². The molecule has 1 fully saturated rings. The average Bonchev–Trinajstić information content (AvgIpc) is 3.28. The number of hydrogen-bond acceptors (Lipinski definition) is 5. The molecular weight excluding hydrogens is 408 g/mol. The topological polar surface area (TPSA) is 75.7 Å². The molecule has 0 unspecified atom stereocenters. The molecule has 8 heteroatoms. The van der Waals surface area contributed by atoms with Crippen molar-refractivity contribution in [3.63, 3.8) is 0 Å². The molecule has 0 spiro atoms. The number of piperidine rings is 1. The van der Waals surface area contributed by atoms with Crippen molar-refractivity contribution in [2.45, 2.75) is 36.8 Å². The average molecular weight is 437 g/mol. The van der Waals surface area contributed by atoms with Gasteiger partial charge in [0, 0.05) is 13.1 Å². The third-order valence-corrected chi connectivity index (χ3v) is 8.21. The van der Waals surface area contributed by atoms with Crippen LogP contribution in [-0.4, -0.2) is 44.9 Å². The van der Waals surface area contributed by atoms with Crippen molar-refractivity contribution >= 4 is 27.3 Å². The second-order valence-corrected chi connectivity index (χ2v) is 10.3.